The average molecular weight is 466 g/mol. The van der Waals surface area contributed by atoms with Gasteiger partial charge in [0.05, 0.1) is 0 Å². The zero-order valence-corrected chi connectivity index (χ0v) is 20.4. The molecule has 3 aromatic rings. The Kier molecular flexibility index (Phi) is 7.44. The van der Waals surface area contributed by atoms with Gasteiger partial charge in [0.2, 0.25) is 0 Å². The van der Waals surface area contributed by atoms with Crippen LogP contribution in [0.25, 0.3) is 22.1 Å². The first-order valence-corrected chi connectivity index (χ1v) is 11.3. The first-order valence-electron chi connectivity index (χ1n) is 11.3. The number of carbonyl (C=O) groups excluding carboxylic acids is 2. The summed E-state index contributed by atoms with van der Waals surface area (Å²) in [6, 6.07) is 13.5. The van der Waals surface area contributed by atoms with Crippen molar-refractivity contribution in [1.29, 1.82) is 0 Å². The Morgan fingerprint density at radius 2 is 1.76 bits per heavy atom. The molecule has 2 aromatic carbocycles. The first kappa shape index (κ1) is 25.0. The summed E-state index contributed by atoms with van der Waals surface area (Å²) < 4.78 is 16.5. The normalized spacial score (nSPS) is 13.2. The van der Waals surface area contributed by atoms with Crippen molar-refractivity contribution in [3.05, 3.63) is 64.5 Å². The predicted molar refractivity (Wildman–Crippen MR) is 131 cm³/mol. The van der Waals surface area contributed by atoms with Crippen LogP contribution in [0.3, 0.4) is 0 Å². The number of esters is 1. The number of ether oxygens (including phenoxy) is 2. The van der Waals surface area contributed by atoms with E-state index in [0.29, 0.717) is 17.6 Å². The van der Waals surface area contributed by atoms with E-state index in [-0.39, 0.29) is 11.7 Å². The molecule has 1 heterocycles. The molecule has 1 N–H and O–H groups in total. The zero-order valence-electron chi connectivity index (χ0n) is 20.4. The third kappa shape index (κ3) is 5.84. The molecule has 0 aliphatic carbocycles. The van der Waals surface area contributed by atoms with Crippen LogP contribution < -0.4 is 15.7 Å². The Morgan fingerprint density at radius 3 is 2.38 bits per heavy atom. The number of rotatable bonds is 6. The second kappa shape index (κ2) is 10.1. The SMILES string of the molecule is CC[C@@H](C)[C@H](NC(=O)OC(C)(C)C)C(=O)Oc1ccc2c(-c3ccccc3)cc(=O)oc2c1C. The summed E-state index contributed by atoms with van der Waals surface area (Å²) >= 11 is 0. The molecule has 7 nitrogen and oxygen atoms in total. The molecule has 0 unspecified atom stereocenters. The van der Waals surface area contributed by atoms with Crippen molar-refractivity contribution in [2.75, 3.05) is 0 Å². The quantitative estimate of drug-likeness (QED) is 0.289. The van der Waals surface area contributed by atoms with Crippen LogP contribution in [0.4, 0.5) is 4.79 Å². The van der Waals surface area contributed by atoms with Gasteiger partial charge in [-0.15, -0.1) is 0 Å². The Bertz CT molecular complexity index is 1240. The molecule has 7 heteroatoms. The number of aryl methyl sites for hydroxylation is 1. The van der Waals surface area contributed by atoms with E-state index in [1.54, 1.807) is 39.8 Å². The van der Waals surface area contributed by atoms with E-state index in [1.165, 1.54) is 6.07 Å². The summed E-state index contributed by atoms with van der Waals surface area (Å²) in [6.07, 6.45) is -0.0508. The van der Waals surface area contributed by atoms with Crippen molar-refractivity contribution in [2.45, 2.75) is 59.6 Å². The maximum atomic E-state index is 13.1. The van der Waals surface area contributed by atoms with E-state index in [0.717, 1.165) is 16.5 Å². The highest BCUT2D eigenvalue weighted by molar-refractivity contribution is 5.96. The smallest absolute Gasteiger partial charge is 0.408 e. The summed E-state index contributed by atoms with van der Waals surface area (Å²) in [5, 5.41) is 3.36. The highest BCUT2D eigenvalue weighted by Gasteiger charge is 2.30. The zero-order chi connectivity index (χ0) is 25.0. The lowest BCUT2D eigenvalue weighted by atomic mass is 9.99. The number of benzene rings is 2. The first-order chi connectivity index (χ1) is 16.0. The van der Waals surface area contributed by atoms with Crippen LogP contribution in [-0.2, 0) is 9.53 Å². The Morgan fingerprint density at radius 1 is 1.09 bits per heavy atom. The van der Waals surface area contributed by atoms with Crippen LogP contribution in [0.1, 0.15) is 46.6 Å². The summed E-state index contributed by atoms with van der Waals surface area (Å²) in [4.78, 5) is 37.7. The molecule has 0 radical (unpaired) electrons. The molecule has 1 aromatic heterocycles. The number of hydrogen-bond acceptors (Lipinski definition) is 6. The molecule has 0 spiro atoms. The largest absolute Gasteiger partial charge is 0.444 e. The van der Waals surface area contributed by atoms with Gasteiger partial charge in [-0.3, -0.25) is 0 Å². The molecule has 0 aliphatic heterocycles. The van der Waals surface area contributed by atoms with Gasteiger partial charge in [-0.1, -0.05) is 50.6 Å². The van der Waals surface area contributed by atoms with E-state index < -0.39 is 29.3 Å². The van der Waals surface area contributed by atoms with E-state index in [1.807, 2.05) is 44.2 Å². The topological polar surface area (TPSA) is 94.8 Å². The monoisotopic (exact) mass is 465 g/mol. The van der Waals surface area contributed by atoms with Crippen LogP contribution in [0.2, 0.25) is 0 Å². The molecule has 1 amide bonds. The molecular formula is C27H31NO6. The third-order valence-corrected chi connectivity index (χ3v) is 5.55. The lowest BCUT2D eigenvalue weighted by Crippen LogP contribution is -2.48. The summed E-state index contributed by atoms with van der Waals surface area (Å²) in [6.45, 7) is 10.7. The number of nitrogens with one attached hydrogen (secondary N) is 1. The standard InChI is InChI=1S/C27H31NO6/c1-7-16(2)23(28-26(31)34-27(4,5)6)25(30)32-21-14-13-19-20(18-11-9-8-10-12-18)15-22(29)33-24(19)17(21)3/h8-16,23H,7H2,1-6H3,(H,28,31)/t16-,23+/m1/s1. The molecular weight excluding hydrogens is 434 g/mol. The van der Waals surface area contributed by atoms with Crippen molar-refractivity contribution in [1.82, 2.24) is 5.32 Å². The van der Waals surface area contributed by atoms with Gasteiger partial charge >= 0.3 is 17.7 Å². The number of fused-ring (bicyclic) bond motifs is 1. The van der Waals surface area contributed by atoms with E-state index >= 15 is 0 Å². The highest BCUT2D eigenvalue weighted by Crippen LogP contribution is 2.33. The number of carbonyl (C=O) groups is 2. The van der Waals surface area contributed by atoms with Gasteiger partial charge in [-0.2, -0.15) is 0 Å². The van der Waals surface area contributed by atoms with Crippen LogP contribution in [-0.4, -0.2) is 23.7 Å². The van der Waals surface area contributed by atoms with Crippen LogP contribution >= 0.6 is 0 Å². The van der Waals surface area contributed by atoms with Crippen molar-refractivity contribution in [2.24, 2.45) is 5.92 Å². The second-order valence-corrected chi connectivity index (χ2v) is 9.34. The average Bonchev–Trinajstić information content (AvgIpc) is 2.78. The van der Waals surface area contributed by atoms with Gasteiger partial charge in [0.1, 0.15) is 23.0 Å². The maximum absolute atomic E-state index is 13.1. The number of hydrogen-bond donors (Lipinski definition) is 1. The van der Waals surface area contributed by atoms with Crippen molar-refractivity contribution < 1.29 is 23.5 Å². The van der Waals surface area contributed by atoms with Crippen molar-refractivity contribution in [3.63, 3.8) is 0 Å². The second-order valence-electron chi connectivity index (χ2n) is 9.34. The fraction of sp³-hybridized carbons (Fsp3) is 0.370. The van der Waals surface area contributed by atoms with Crippen molar-refractivity contribution >= 4 is 23.0 Å². The molecule has 0 saturated heterocycles. The highest BCUT2D eigenvalue weighted by atomic mass is 16.6. The third-order valence-electron chi connectivity index (χ3n) is 5.55. The fourth-order valence-electron chi connectivity index (χ4n) is 3.59. The number of amides is 1. The molecule has 0 fully saturated rings. The minimum Gasteiger partial charge on any atom is -0.444 e. The fourth-order valence-corrected chi connectivity index (χ4v) is 3.59. The Labute approximate surface area is 199 Å². The summed E-state index contributed by atoms with van der Waals surface area (Å²) in [5.74, 6) is -0.558. The Balaban J connectivity index is 1.94. The van der Waals surface area contributed by atoms with E-state index in [4.69, 9.17) is 13.9 Å². The lowest BCUT2D eigenvalue weighted by Gasteiger charge is -2.25. The van der Waals surface area contributed by atoms with Crippen LogP contribution in [0, 0.1) is 12.8 Å². The van der Waals surface area contributed by atoms with Gasteiger partial charge in [0.15, 0.2) is 0 Å². The van der Waals surface area contributed by atoms with Gasteiger partial charge in [0, 0.05) is 17.0 Å². The lowest BCUT2D eigenvalue weighted by molar-refractivity contribution is -0.138. The predicted octanol–water partition coefficient (Wildman–Crippen LogP) is 5.61. The molecule has 0 aliphatic rings. The van der Waals surface area contributed by atoms with Gasteiger partial charge < -0.3 is 19.2 Å². The molecule has 3 rings (SSSR count). The van der Waals surface area contributed by atoms with Gasteiger partial charge in [-0.05, 0) is 56.9 Å². The Hall–Kier alpha value is -3.61. The minimum absolute atomic E-state index is 0.191. The van der Waals surface area contributed by atoms with E-state index in [2.05, 4.69) is 5.32 Å². The molecule has 180 valence electrons. The van der Waals surface area contributed by atoms with Gasteiger partial charge in [0.25, 0.3) is 0 Å². The molecule has 2 atom stereocenters. The number of alkyl carbamates (subject to hydrolysis) is 1. The minimum atomic E-state index is -0.905. The van der Waals surface area contributed by atoms with Crippen molar-refractivity contribution in [3.8, 4) is 16.9 Å². The maximum Gasteiger partial charge on any atom is 0.408 e. The molecule has 34 heavy (non-hydrogen) atoms. The van der Waals surface area contributed by atoms with Gasteiger partial charge in [-0.25, -0.2) is 14.4 Å². The molecule has 0 saturated carbocycles. The van der Waals surface area contributed by atoms with Crippen LogP contribution in [0.5, 0.6) is 5.75 Å². The molecule has 0 bridgehead atoms. The summed E-state index contributed by atoms with van der Waals surface area (Å²) in [7, 11) is 0. The van der Waals surface area contributed by atoms with E-state index in [9.17, 15) is 14.4 Å². The van der Waals surface area contributed by atoms with Crippen LogP contribution in [0.15, 0.2) is 57.7 Å². The summed E-state index contributed by atoms with van der Waals surface area (Å²) in [5.41, 5.74) is 1.27.